The summed E-state index contributed by atoms with van der Waals surface area (Å²) in [5.74, 6) is 0.412. The summed E-state index contributed by atoms with van der Waals surface area (Å²) in [6, 6.07) is 4.07. The van der Waals surface area contributed by atoms with Crippen LogP contribution in [0.4, 0.5) is 5.00 Å². The highest BCUT2D eigenvalue weighted by atomic mass is 32.1. The molecule has 146 valence electrons. The van der Waals surface area contributed by atoms with Crippen LogP contribution in [0.1, 0.15) is 56.9 Å². The van der Waals surface area contributed by atoms with Crippen molar-refractivity contribution >= 4 is 28.2 Å². The molecule has 1 aliphatic carbocycles. The molecule has 6 nitrogen and oxygen atoms in total. The molecule has 0 atom stereocenters. The summed E-state index contributed by atoms with van der Waals surface area (Å²) in [4.78, 5) is 26.8. The number of thiophene rings is 1. The Hall–Kier alpha value is -1.91. The number of carbonyl (C=O) groups is 2. The first kappa shape index (κ1) is 19.8. The topological polar surface area (TPSA) is 85.2 Å². The normalized spacial score (nSPS) is 19.4. The van der Waals surface area contributed by atoms with Crippen molar-refractivity contribution in [3.05, 3.63) is 17.0 Å². The van der Waals surface area contributed by atoms with Gasteiger partial charge in [0.1, 0.15) is 11.1 Å². The van der Waals surface area contributed by atoms with Gasteiger partial charge in [0.25, 0.3) is 0 Å². The first-order chi connectivity index (χ1) is 13.2. The number of carbonyl (C=O) groups excluding carboxylic acids is 2. The molecule has 0 radical (unpaired) electrons. The van der Waals surface area contributed by atoms with E-state index in [1.54, 1.807) is 11.4 Å². The maximum Gasteiger partial charge on any atom is 0.226 e. The molecule has 2 amide bonds. The van der Waals surface area contributed by atoms with E-state index in [0.29, 0.717) is 23.5 Å². The number of piperidine rings is 1. The maximum atomic E-state index is 12.4. The van der Waals surface area contributed by atoms with Gasteiger partial charge < -0.3 is 15.5 Å². The molecule has 1 saturated heterocycles. The molecular weight excluding hydrogens is 360 g/mol. The molecule has 1 saturated carbocycles. The zero-order valence-corrected chi connectivity index (χ0v) is 16.5. The standard InChI is InChI=1S/C20H28N4O2S/c21-14-16-9-13-27-20(16)23-18(25)8-12-24-10-6-17(7-11-24)22-19(26)15-4-2-1-3-5-15/h9,13,15,17H,1-8,10-12H2,(H,22,26)(H,23,25). The van der Waals surface area contributed by atoms with Crippen molar-refractivity contribution in [1.82, 2.24) is 10.2 Å². The van der Waals surface area contributed by atoms with Crippen LogP contribution in [0.25, 0.3) is 0 Å². The van der Waals surface area contributed by atoms with Crippen molar-refractivity contribution in [2.45, 2.75) is 57.4 Å². The Kier molecular flexibility index (Phi) is 7.25. The molecule has 2 heterocycles. The van der Waals surface area contributed by atoms with Gasteiger partial charge in [-0.3, -0.25) is 9.59 Å². The van der Waals surface area contributed by atoms with Crippen molar-refractivity contribution in [2.24, 2.45) is 5.92 Å². The third-order valence-electron chi connectivity index (χ3n) is 5.60. The van der Waals surface area contributed by atoms with Crippen molar-refractivity contribution in [2.75, 3.05) is 25.0 Å². The maximum absolute atomic E-state index is 12.4. The number of amides is 2. The minimum absolute atomic E-state index is 0.0540. The van der Waals surface area contributed by atoms with Gasteiger partial charge in [-0.05, 0) is 37.1 Å². The van der Waals surface area contributed by atoms with Crippen molar-refractivity contribution in [3.8, 4) is 6.07 Å². The smallest absolute Gasteiger partial charge is 0.226 e. The van der Waals surface area contributed by atoms with Gasteiger partial charge in [0.15, 0.2) is 0 Å². The second kappa shape index (κ2) is 9.86. The number of nitrogens with zero attached hydrogens (tertiary/aromatic N) is 2. The Balaban J connectivity index is 1.34. The molecule has 1 aliphatic heterocycles. The Morgan fingerprint density at radius 3 is 2.63 bits per heavy atom. The molecule has 2 aliphatic rings. The van der Waals surface area contributed by atoms with Gasteiger partial charge in [-0.2, -0.15) is 5.26 Å². The highest BCUT2D eigenvalue weighted by Crippen LogP contribution is 2.24. The Labute approximate surface area is 164 Å². The molecule has 0 bridgehead atoms. The summed E-state index contributed by atoms with van der Waals surface area (Å²) >= 11 is 1.37. The third kappa shape index (κ3) is 5.78. The van der Waals surface area contributed by atoms with Crippen LogP contribution >= 0.6 is 11.3 Å². The molecular formula is C20H28N4O2S. The average Bonchev–Trinajstić information content (AvgIpc) is 3.15. The first-order valence-electron chi connectivity index (χ1n) is 9.96. The van der Waals surface area contributed by atoms with E-state index >= 15 is 0 Å². The fraction of sp³-hybridized carbons (Fsp3) is 0.650. The highest BCUT2D eigenvalue weighted by molar-refractivity contribution is 7.14. The fourth-order valence-corrected chi connectivity index (χ4v) is 4.68. The van der Waals surface area contributed by atoms with E-state index in [-0.39, 0.29) is 23.8 Å². The van der Waals surface area contributed by atoms with E-state index in [4.69, 9.17) is 5.26 Å². The van der Waals surface area contributed by atoms with Crippen molar-refractivity contribution < 1.29 is 9.59 Å². The number of hydrogen-bond donors (Lipinski definition) is 2. The predicted molar refractivity (Wildman–Crippen MR) is 106 cm³/mol. The number of nitrogens with one attached hydrogen (secondary N) is 2. The second-order valence-electron chi connectivity index (χ2n) is 7.53. The van der Waals surface area contributed by atoms with Crippen LogP contribution in [0.2, 0.25) is 0 Å². The van der Waals surface area contributed by atoms with Crippen LogP contribution in [0.15, 0.2) is 11.4 Å². The lowest BCUT2D eigenvalue weighted by Crippen LogP contribution is -2.47. The highest BCUT2D eigenvalue weighted by Gasteiger charge is 2.26. The largest absolute Gasteiger partial charge is 0.353 e. The number of anilines is 1. The summed E-state index contributed by atoms with van der Waals surface area (Å²) in [5, 5.41) is 17.5. The molecule has 1 aromatic heterocycles. The predicted octanol–water partition coefficient (Wildman–Crippen LogP) is 3.11. The van der Waals surface area contributed by atoms with Crippen LogP contribution in [0.3, 0.4) is 0 Å². The quantitative estimate of drug-likeness (QED) is 0.784. The Bertz CT molecular complexity index is 682. The van der Waals surface area contributed by atoms with Crippen molar-refractivity contribution in [3.63, 3.8) is 0 Å². The van der Waals surface area contributed by atoms with E-state index in [0.717, 1.165) is 38.8 Å². The minimum Gasteiger partial charge on any atom is -0.353 e. The molecule has 1 aromatic rings. The van der Waals surface area contributed by atoms with Crippen LogP contribution in [-0.4, -0.2) is 42.4 Å². The van der Waals surface area contributed by atoms with E-state index < -0.39 is 0 Å². The number of rotatable bonds is 6. The number of hydrogen-bond acceptors (Lipinski definition) is 5. The second-order valence-corrected chi connectivity index (χ2v) is 8.45. The molecule has 2 fully saturated rings. The molecule has 3 rings (SSSR count). The van der Waals surface area contributed by atoms with E-state index in [9.17, 15) is 9.59 Å². The van der Waals surface area contributed by atoms with Crippen LogP contribution in [0.5, 0.6) is 0 Å². The summed E-state index contributed by atoms with van der Waals surface area (Å²) in [6.07, 6.45) is 8.02. The Morgan fingerprint density at radius 1 is 1.19 bits per heavy atom. The lowest BCUT2D eigenvalue weighted by molar-refractivity contribution is -0.127. The molecule has 27 heavy (non-hydrogen) atoms. The summed E-state index contributed by atoms with van der Waals surface area (Å²) in [7, 11) is 0. The zero-order chi connectivity index (χ0) is 19.1. The van der Waals surface area contributed by atoms with Gasteiger partial charge in [-0.25, -0.2) is 0 Å². The summed E-state index contributed by atoms with van der Waals surface area (Å²) in [6.45, 7) is 2.53. The average molecular weight is 389 g/mol. The zero-order valence-electron chi connectivity index (χ0n) is 15.7. The fourth-order valence-electron chi connectivity index (χ4n) is 3.93. The summed E-state index contributed by atoms with van der Waals surface area (Å²) in [5.41, 5.74) is 0.517. The van der Waals surface area contributed by atoms with Crippen LogP contribution < -0.4 is 10.6 Å². The van der Waals surface area contributed by atoms with Gasteiger partial charge in [0.2, 0.25) is 11.8 Å². The lowest BCUT2D eigenvalue weighted by atomic mass is 9.88. The van der Waals surface area contributed by atoms with Gasteiger partial charge in [-0.15, -0.1) is 11.3 Å². The van der Waals surface area contributed by atoms with E-state index in [1.807, 2.05) is 0 Å². The minimum atomic E-state index is -0.0540. The van der Waals surface area contributed by atoms with E-state index in [1.165, 1.54) is 30.6 Å². The first-order valence-corrected chi connectivity index (χ1v) is 10.8. The summed E-state index contributed by atoms with van der Waals surface area (Å²) < 4.78 is 0. The lowest BCUT2D eigenvalue weighted by Gasteiger charge is -2.33. The van der Waals surface area contributed by atoms with Gasteiger partial charge in [0, 0.05) is 38.0 Å². The van der Waals surface area contributed by atoms with Crippen molar-refractivity contribution in [1.29, 1.82) is 5.26 Å². The molecule has 0 unspecified atom stereocenters. The van der Waals surface area contributed by atoms with Gasteiger partial charge >= 0.3 is 0 Å². The van der Waals surface area contributed by atoms with Gasteiger partial charge in [0.05, 0.1) is 5.56 Å². The monoisotopic (exact) mass is 388 g/mol. The van der Waals surface area contributed by atoms with Gasteiger partial charge in [-0.1, -0.05) is 19.3 Å². The molecule has 2 N–H and O–H groups in total. The van der Waals surface area contributed by atoms with Crippen LogP contribution in [0, 0.1) is 17.2 Å². The number of nitriles is 1. The molecule has 0 aromatic carbocycles. The molecule has 0 spiro atoms. The Morgan fingerprint density at radius 2 is 1.93 bits per heavy atom. The SMILES string of the molecule is N#Cc1ccsc1NC(=O)CCN1CCC(NC(=O)C2CCCCC2)CC1. The molecule has 7 heteroatoms. The third-order valence-corrected chi connectivity index (χ3v) is 6.43. The van der Waals surface area contributed by atoms with E-state index in [2.05, 4.69) is 21.6 Å². The number of likely N-dealkylation sites (tertiary alicyclic amines) is 1. The van der Waals surface area contributed by atoms with Crippen LogP contribution in [-0.2, 0) is 9.59 Å².